The van der Waals surface area contributed by atoms with Gasteiger partial charge in [0.1, 0.15) is 6.04 Å². The molecular weight excluding hydrogens is 358 g/mol. The van der Waals surface area contributed by atoms with E-state index < -0.39 is 23.9 Å². The molecule has 1 fully saturated rings. The summed E-state index contributed by atoms with van der Waals surface area (Å²) in [5, 5.41) is 15.3. The minimum Gasteiger partial charge on any atom is -0.394 e. The Balaban J connectivity index is 2.35. The summed E-state index contributed by atoms with van der Waals surface area (Å²) >= 11 is 0. The van der Waals surface area contributed by atoms with E-state index in [-0.39, 0.29) is 36.2 Å². The summed E-state index contributed by atoms with van der Waals surface area (Å²) in [7, 11) is 1.58. The number of carbonyl (C=O) groups is 3. The topological polar surface area (TPSA) is 98.7 Å². The highest BCUT2D eigenvalue weighted by Gasteiger charge is 2.57. The zero-order valence-corrected chi connectivity index (χ0v) is 17.5. The number of allylic oxidation sites excluding steroid dienone is 1. The highest BCUT2D eigenvalue weighted by Crippen LogP contribution is 2.45. The molecule has 7 heteroatoms. The molecule has 0 aromatic rings. The Morgan fingerprint density at radius 3 is 2.50 bits per heavy atom. The van der Waals surface area contributed by atoms with Gasteiger partial charge in [-0.3, -0.25) is 14.4 Å². The average molecular weight is 394 g/mol. The van der Waals surface area contributed by atoms with Crippen molar-refractivity contribution in [1.82, 2.24) is 15.5 Å². The third-order valence-corrected chi connectivity index (χ3v) is 6.16. The zero-order valence-electron chi connectivity index (χ0n) is 17.5. The van der Waals surface area contributed by atoms with Crippen molar-refractivity contribution in [3.63, 3.8) is 0 Å². The first-order chi connectivity index (χ1) is 13.4. The number of nitrogens with one attached hydrogen (secondary N) is 2. The van der Waals surface area contributed by atoms with Crippen LogP contribution in [0.2, 0.25) is 0 Å². The molecule has 2 rings (SSSR count). The van der Waals surface area contributed by atoms with E-state index in [0.717, 1.165) is 25.7 Å². The number of hydrogen-bond acceptors (Lipinski definition) is 4. The van der Waals surface area contributed by atoms with Crippen molar-refractivity contribution in [2.75, 3.05) is 20.2 Å². The van der Waals surface area contributed by atoms with Crippen LogP contribution in [0.5, 0.6) is 0 Å². The Morgan fingerprint density at radius 2 is 1.93 bits per heavy atom. The molecule has 0 saturated carbocycles. The molecule has 0 aromatic heterocycles. The van der Waals surface area contributed by atoms with E-state index in [1.54, 1.807) is 14.0 Å². The van der Waals surface area contributed by atoms with Gasteiger partial charge in [0, 0.05) is 19.5 Å². The maximum atomic E-state index is 13.3. The maximum Gasteiger partial charge on any atom is 0.243 e. The summed E-state index contributed by atoms with van der Waals surface area (Å²) in [6, 6.07) is -1.18. The number of likely N-dealkylation sites (tertiary alicyclic amines) is 1. The molecule has 1 heterocycles. The number of rotatable bonds is 9. The number of fused-ring (bicyclic) bond motifs is 1. The van der Waals surface area contributed by atoms with Gasteiger partial charge in [0.25, 0.3) is 0 Å². The van der Waals surface area contributed by atoms with Crippen molar-refractivity contribution in [1.29, 1.82) is 0 Å². The van der Waals surface area contributed by atoms with E-state index in [9.17, 15) is 19.5 Å². The van der Waals surface area contributed by atoms with Crippen LogP contribution in [0.25, 0.3) is 0 Å². The van der Waals surface area contributed by atoms with Crippen molar-refractivity contribution >= 4 is 17.7 Å². The number of aliphatic hydroxyl groups excluding tert-OH is 1. The van der Waals surface area contributed by atoms with E-state index in [4.69, 9.17) is 0 Å². The van der Waals surface area contributed by atoms with E-state index in [2.05, 4.69) is 17.6 Å². The van der Waals surface area contributed by atoms with Crippen LogP contribution >= 0.6 is 0 Å². The zero-order chi connectivity index (χ0) is 20.8. The highest BCUT2D eigenvalue weighted by molar-refractivity contribution is 5.97. The summed E-state index contributed by atoms with van der Waals surface area (Å²) < 4.78 is 0. The van der Waals surface area contributed by atoms with E-state index in [0.29, 0.717) is 6.54 Å². The molecule has 1 aliphatic carbocycles. The summed E-state index contributed by atoms with van der Waals surface area (Å²) in [4.78, 5) is 40.5. The summed E-state index contributed by atoms with van der Waals surface area (Å²) in [5.41, 5.74) is 0. The summed E-state index contributed by atoms with van der Waals surface area (Å²) in [5.74, 6) is -2.05. The highest BCUT2D eigenvalue weighted by atomic mass is 16.3. The number of carbonyl (C=O) groups excluding carboxylic acids is 3. The van der Waals surface area contributed by atoms with Gasteiger partial charge in [0.15, 0.2) is 0 Å². The predicted octanol–water partition coefficient (Wildman–Crippen LogP) is 1.08. The first-order valence-electron chi connectivity index (χ1n) is 10.5. The van der Waals surface area contributed by atoms with Gasteiger partial charge >= 0.3 is 0 Å². The lowest BCUT2D eigenvalue weighted by molar-refractivity contribution is -0.143. The molecule has 7 nitrogen and oxygen atoms in total. The largest absolute Gasteiger partial charge is 0.394 e. The standard InChI is InChI=1S/C21H35N3O4/c1-5-7-8-11-23-20(27)18-15-10-9-14(6-2)16(19(26)22-4)17(15)21(28)24(18)13(3)12-25/h9-10,13-18,25H,5-8,11-12H2,1-4H3,(H,22,26)(H,23,27)/t13-,14-,15+,16-,17+,18+/m1/s1. The molecule has 1 aliphatic heterocycles. The van der Waals surface area contributed by atoms with Crippen LogP contribution in [0.4, 0.5) is 0 Å². The van der Waals surface area contributed by atoms with Gasteiger partial charge in [-0.25, -0.2) is 0 Å². The van der Waals surface area contributed by atoms with Crippen molar-refractivity contribution < 1.29 is 19.5 Å². The van der Waals surface area contributed by atoms with Crippen LogP contribution < -0.4 is 10.6 Å². The second kappa shape index (κ2) is 10.0. The smallest absolute Gasteiger partial charge is 0.243 e. The Kier molecular flexibility index (Phi) is 8.04. The van der Waals surface area contributed by atoms with Gasteiger partial charge in [-0.05, 0) is 25.7 Å². The maximum absolute atomic E-state index is 13.3. The molecule has 2 aliphatic rings. The minimum absolute atomic E-state index is 0.0391. The van der Waals surface area contributed by atoms with Gasteiger partial charge in [0.05, 0.1) is 24.5 Å². The SMILES string of the molecule is CCCCCNC(=O)[C@@H]1[C@H]2C=C[C@@H](CC)[C@@H](C(=O)NC)[C@H]2C(=O)N1[C@H](C)CO. The van der Waals surface area contributed by atoms with Crippen molar-refractivity contribution in [2.45, 2.75) is 58.5 Å². The Morgan fingerprint density at radius 1 is 1.21 bits per heavy atom. The number of aliphatic hydroxyl groups is 1. The van der Waals surface area contributed by atoms with Crippen LogP contribution in [0.15, 0.2) is 12.2 Å². The van der Waals surface area contributed by atoms with Crippen molar-refractivity contribution in [3.8, 4) is 0 Å². The fourth-order valence-electron chi connectivity index (χ4n) is 4.62. The van der Waals surface area contributed by atoms with Gasteiger partial charge in [-0.2, -0.15) is 0 Å². The van der Waals surface area contributed by atoms with Crippen LogP contribution in [0.3, 0.4) is 0 Å². The van der Waals surface area contributed by atoms with Crippen LogP contribution in [-0.4, -0.2) is 60.0 Å². The molecule has 0 bridgehead atoms. The second-order valence-corrected chi connectivity index (χ2v) is 7.92. The molecule has 0 spiro atoms. The van der Waals surface area contributed by atoms with Crippen molar-refractivity contribution in [3.05, 3.63) is 12.2 Å². The van der Waals surface area contributed by atoms with Gasteiger partial charge in [-0.15, -0.1) is 0 Å². The quantitative estimate of drug-likeness (QED) is 0.403. The number of hydrogen-bond donors (Lipinski definition) is 3. The summed E-state index contributed by atoms with van der Waals surface area (Å²) in [6.07, 6.45) is 7.65. The van der Waals surface area contributed by atoms with Crippen LogP contribution in [0, 0.1) is 23.7 Å². The molecule has 0 aromatic carbocycles. The molecule has 3 amide bonds. The van der Waals surface area contributed by atoms with Crippen LogP contribution in [0.1, 0.15) is 46.5 Å². The normalized spacial score (nSPS) is 30.1. The van der Waals surface area contributed by atoms with E-state index >= 15 is 0 Å². The van der Waals surface area contributed by atoms with Gasteiger partial charge in [0.2, 0.25) is 17.7 Å². The minimum atomic E-state index is -0.692. The summed E-state index contributed by atoms with van der Waals surface area (Å²) in [6.45, 7) is 6.18. The van der Waals surface area contributed by atoms with Gasteiger partial charge in [-0.1, -0.05) is 38.8 Å². The Labute approximate surface area is 167 Å². The Hall–Kier alpha value is -1.89. The first-order valence-corrected chi connectivity index (χ1v) is 10.5. The number of unbranched alkanes of at least 4 members (excludes halogenated alkanes) is 2. The van der Waals surface area contributed by atoms with E-state index in [1.807, 2.05) is 19.1 Å². The molecular formula is C21H35N3O4. The predicted molar refractivity (Wildman–Crippen MR) is 107 cm³/mol. The number of amides is 3. The van der Waals surface area contributed by atoms with Crippen LogP contribution in [-0.2, 0) is 14.4 Å². The van der Waals surface area contributed by atoms with Gasteiger partial charge < -0.3 is 20.6 Å². The molecule has 28 heavy (non-hydrogen) atoms. The van der Waals surface area contributed by atoms with E-state index in [1.165, 1.54) is 4.90 Å². The molecule has 3 N–H and O–H groups in total. The fourth-order valence-corrected chi connectivity index (χ4v) is 4.62. The molecule has 0 radical (unpaired) electrons. The molecule has 158 valence electrons. The lowest BCUT2D eigenvalue weighted by Crippen LogP contribution is -2.51. The lowest BCUT2D eigenvalue weighted by Gasteiger charge is -2.33. The van der Waals surface area contributed by atoms with Crippen molar-refractivity contribution in [2.24, 2.45) is 23.7 Å². The number of nitrogens with zero attached hydrogens (tertiary/aromatic N) is 1. The Bertz CT molecular complexity index is 606. The molecule has 6 atom stereocenters. The average Bonchev–Trinajstić information content (AvgIpc) is 3.01. The lowest BCUT2D eigenvalue weighted by atomic mass is 9.69. The molecule has 0 unspecified atom stereocenters. The molecule has 1 saturated heterocycles. The first kappa shape index (κ1) is 22.4. The third kappa shape index (κ3) is 4.24. The third-order valence-electron chi connectivity index (χ3n) is 6.16. The fraction of sp³-hybridized carbons (Fsp3) is 0.762. The monoisotopic (exact) mass is 393 g/mol. The second-order valence-electron chi connectivity index (χ2n) is 7.92.